The summed E-state index contributed by atoms with van der Waals surface area (Å²) < 4.78 is 5.43. The molecule has 0 aliphatic rings. The minimum absolute atomic E-state index is 0.282. The fourth-order valence-electron chi connectivity index (χ4n) is 0.756. The standard InChI is InChI=1S/C7H7BrO2S/c1-4-3-11-6(8)5(4)7(9)10-2/h3H,1-2H3. The second-order valence-corrected chi connectivity index (χ2v) is 4.26. The number of thiophene rings is 1. The molecule has 0 N–H and O–H groups in total. The molecule has 4 heteroatoms. The lowest BCUT2D eigenvalue weighted by Gasteiger charge is -1.97. The summed E-state index contributed by atoms with van der Waals surface area (Å²) in [4.78, 5) is 11.1. The molecule has 0 bridgehead atoms. The van der Waals surface area contributed by atoms with Gasteiger partial charge in [-0.25, -0.2) is 4.79 Å². The molecule has 0 spiro atoms. The molecule has 1 rings (SSSR count). The monoisotopic (exact) mass is 234 g/mol. The maximum Gasteiger partial charge on any atom is 0.340 e. The summed E-state index contributed by atoms with van der Waals surface area (Å²) >= 11 is 4.77. The lowest BCUT2D eigenvalue weighted by atomic mass is 10.2. The largest absolute Gasteiger partial charge is 0.465 e. The van der Waals surface area contributed by atoms with E-state index in [4.69, 9.17) is 0 Å². The maximum absolute atomic E-state index is 11.1. The van der Waals surface area contributed by atoms with Crippen molar-refractivity contribution < 1.29 is 9.53 Å². The Morgan fingerprint density at radius 2 is 2.36 bits per heavy atom. The third kappa shape index (κ3) is 1.62. The molecule has 0 saturated heterocycles. The van der Waals surface area contributed by atoms with E-state index in [1.807, 2.05) is 12.3 Å². The summed E-state index contributed by atoms with van der Waals surface area (Å²) in [5.74, 6) is -0.282. The molecular weight excluding hydrogens is 228 g/mol. The van der Waals surface area contributed by atoms with Gasteiger partial charge in [-0.1, -0.05) is 0 Å². The van der Waals surface area contributed by atoms with Gasteiger partial charge in [-0.15, -0.1) is 11.3 Å². The molecular formula is C7H7BrO2S. The summed E-state index contributed by atoms with van der Waals surface area (Å²) in [6, 6.07) is 0. The molecule has 60 valence electrons. The van der Waals surface area contributed by atoms with E-state index in [1.54, 1.807) is 0 Å². The van der Waals surface area contributed by atoms with Crippen molar-refractivity contribution in [1.29, 1.82) is 0 Å². The lowest BCUT2D eigenvalue weighted by molar-refractivity contribution is 0.0599. The Balaban J connectivity index is 3.10. The Morgan fingerprint density at radius 3 is 2.73 bits per heavy atom. The Labute approximate surface area is 77.3 Å². The quantitative estimate of drug-likeness (QED) is 0.699. The first-order valence-corrected chi connectivity index (χ1v) is 4.66. The van der Waals surface area contributed by atoms with Crippen LogP contribution in [0.15, 0.2) is 9.17 Å². The molecule has 0 fully saturated rings. The third-order valence-corrected chi connectivity index (χ3v) is 3.16. The number of halogens is 1. The van der Waals surface area contributed by atoms with Crippen LogP contribution in [-0.4, -0.2) is 13.1 Å². The highest BCUT2D eigenvalue weighted by atomic mass is 79.9. The van der Waals surface area contributed by atoms with E-state index in [9.17, 15) is 4.79 Å². The number of ether oxygens (including phenoxy) is 1. The minimum atomic E-state index is -0.282. The molecule has 0 aliphatic carbocycles. The van der Waals surface area contributed by atoms with Gasteiger partial charge in [0.05, 0.1) is 16.5 Å². The van der Waals surface area contributed by atoms with Crippen LogP contribution in [0.4, 0.5) is 0 Å². The number of hydrogen-bond acceptors (Lipinski definition) is 3. The van der Waals surface area contributed by atoms with Gasteiger partial charge in [0.15, 0.2) is 0 Å². The van der Waals surface area contributed by atoms with Crippen molar-refractivity contribution in [3.63, 3.8) is 0 Å². The maximum atomic E-state index is 11.1. The van der Waals surface area contributed by atoms with Crippen LogP contribution in [0.3, 0.4) is 0 Å². The fourth-order valence-corrected chi connectivity index (χ4v) is 2.27. The highest BCUT2D eigenvalue weighted by Gasteiger charge is 2.14. The van der Waals surface area contributed by atoms with Crippen molar-refractivity contribution >= 4 is 33.2 Å². The van der Waals surface area contributed by atoms with Gasteiger partial charge < -0.3 is 4.74 Å². The van der Waals surface area contributed by atoms with Crippen molar-refractivity contribution in [3.8, 4) is 0 Å². The average molecular weight is 235 g/mol. The number of methoxy groups -OCH3 is 1. The predicted octanol–water partition coefficient (Wildman–Crippen LogP) is 2.61. The molecule has 1 heterocycles. The molecule has 11 heavy (non-hydrogen) atoms. The van der Waals surface area contributed by atoms with E-state index >= 15 is 0 Å². The normalized spacial score (nSPS) is 9.73. The zero-order chi connectivity index (χ0) is 8.43. The van der Waals surface area contributed by atoms with Gasteiger partial charge in [0.1, 0.15) is 0 Å². The van der Waals surface area contributed by atoms with E-state index in [1.165, 1.54) is 18.4 Å². The van der Waals surface area contributed by atoms with Gasteiger partial charge in [-0.2, -0.15) is 0 Å². The van der Waals surface area contributed by atoms with Gasteiger partial charge >= 0.3 is 5.97 Å². The van der Waals surface area contributed by atoms with Crippen molar-refractivity contribution in [3.05, 3.63) is 20.3 Å². The van der Waals surface area contributed by atoms with Crippen molar-refractivity contribution in [2.24, 2.45) is 0 Å². The zero-order valence-corrected chi connectivity index (χ0v) is 8.58. The van der Waals surface area contributed by atoms with E-state index in [-0.39, 0.29) is 5.97 Å². The van der Waals surface area contributed by atoms with Crippen LogP contribution < -0.4 is 0 Å². The molecule has 0 unspecified atom stereocenters. The van der Waals surface area contributed by atoms with Crippen molar-refractivity contribution in [2.45, 2.75) is 6.92 Å². The Kier molecular flexibility index (Phi) is 2.67. The fraction of sp³-hybridized carbons (Fsp3) is 0.286. The zero-order valence-electron chi connectivity index (χ0n) is 6.18. The highest BCUT2D eigenvalue weighted by Crippen LogP contribution is 2.27. The van der Waals surface area contributed by atoms with E-state index in [2.05, 4.69) is 20.7 Å². The van der Waals surface area contributed by atoms with Crippen LogP contribution in [0.2, 0.25) is 0 Å². The summed E-state index contributed by atoms with van der Waals surface area (Å²) in [5, 5.41) is 1.91. The number of hydrogen-bond donors (Lipinski definition) is 0. The van der Waals surface area contributed by atoms with Crippen LogP contribution >= 0.6 is 27.3 Å². The van der Waals surface area contributed by atoms with Gasteiger partial charge in [-0.05, 0) is 33.8 Å². The summed E-state index contributed by atoms with van der Waals surface area (Å²) in [6.07, 6.45) is 0. The van der Waals surface area contributed by atoms with Crippen LogP contribution in [0.25, 0.3) is 0 Å². The SMILES string of the molecule is COC(=O)c1c(C)csc1Br. The van der Waals surface area contributed by atoms with Gasteiger partial charge in [0, 0.05) is 0 Å². The van der Waals surface area contributed by atoms with Crippen LogP contribution in [0.1, 0.15) is 15.9 Å². The topological polar surface area (TPSA) is 26.3 Å². The van der Waals surface area contributed by atoms with Crippen LogP contribution in [0, 0.1) is 6.92 Å². The first kappa shape index (κ1) is 8.74. The van der Waals surface area contributed by atoms with Crippen molar-refractivity contribution in [2.75, 3.05) is 7.11 Å². The molecule has 1 aromatic rings. The molecule has 0 aromatic carbocycles. The van der Waals surface area contributed by atoms with E-state index in [0.717, 1.165) is 9.35 Å². The molecule has 1 aromatic heterocycles. The van der Waals surface area contributed by atoms with E-state index in [0.29, 0.717) is 5.56 Å². The summed E-state index contributed by atoms with van der Waals surface area (Å²) in [7, 11) is 1.38. The highest BCUT2D eigenvalue weighted by molar-refractivity contribution is 9.11. The molecule has 2 nitrogen and oxygen atoms in total. The molecule has 0 amide bonds. The first-order valence-electron chi connectivity index (χ1n) is 2.98. The second kappa shape index (κ2) is 3.36. The summed E-state index contributed by atoms with van der Waals surface area (Å²) in [5.41, 5.74) is 1.59. The van der Waals surface area contributed by atoms with E-state index < -0.39 is 0 Å². The Hall–Kier alpha value is -0.350. The van der Waals surface area contributed by atoms with Gasteiger partial charge in [0.2, 0.25) is 0 Å². The average Bonchev–Trinajstić information content (AvgIpc) is 2.30. The second-order valence-electron chi connectivity index (χ2n) is 2.06. The smallest absolute Gasteiger partial charge is 0.340 e. The van der Waals surface area contributed by atoms with Crippen molar-refractivity contribution in [1.82, 2.24) is 0 Å². The molecule has 0 radical (unpaired) electrons. The molecule has 0 atom stereocenters. The lowest BCUT2D eigenvalue weighted by Crippen LogP contribution is -2.01. The number of esters is 1. The third-order valence-electron chi connectivity index (χ3n) is 1.32. The van der Waals surface area contributed by atoms with Gasteiger partial charge in [-0.3, -0.25) is 0 Å². The summed E-state index contributed by atoms with van der Waals surface area (Å²) in [6.45, 7) is 1.88. The minimum Gasteiger partial charge on any atom is -0.465 e. The van der Waals surface area contributed by atoms with Gasteiger partial charge in [0.25, 0.3) is 0 Å². The number of aryl methyl sites for hydroxylation is 1. The Morgan fingerprint density at radius 1 is 1.73 bits per heavy atom. The molecule has 0 aliphatic heterocycles. The molecule has 0 saturated carbocycles. The van der Waals surface area contributed by atoms with Crippen LogP contribution in [-0.2, 0) is 4.74 Å². The number of carbonyl (C=O) groups excluding carboxylic acids is 1. The van der Waals surface area contributed by atoms with Crippen LogP contribution in [0.5, 0.6) is 0 Å². The number of carbonyl (C=O) groups is 1. The Bertz CT molecular complexity index is 260. The number of rotatable bonds is 1. The first-order chi connectivity index (χ1) is 5.16. The predicted molar refractivity (Wildman–Crippen MR) is 48.1 cm³/mol.